The third kappa shape index (κ3) is 5.61. The maximum Gasteiger partial charge on any atom is 0.257 e. The van der Waals surface area contributed by atoms with Crippen LogP contribution in [0.5, 0.6) is 0 Å². The average molecular weight is 418 g/mol. The van der Waals surface area contributed by atoms with Gasteiger partial charge < -0.3 is 9.64 Å². The highest BCUT2D eigenvalue weighted by atomic mass is 16.5. The van der Waals surface area contributed by atoms with Crippen molar-refractivity contribution in [3.05, 3.63) is 89.2 Å². The van der Waals surface area contributed by atoms with Gasteiger partial charge in [0.2, 0.25) is 0 Å². The van der Waals surface area contributed by atoms with E-state index in [2.05, 4.69) is 29.4 Å². The van der Waals surface area contributed by atoms with Crippen molar-refractivity contribution >= 4 is 5.91 Å². The van der Waals surface area contributed by atoms with Crippen LogP contribution in [0.15, 0.2) is 66.9 Å². The van der Waals surface area contributed by atoms with E-state index in [1.165, 1.54) is 11.1 Å². The Bertz CT molecular complexity index is 919. The molecule has 0 saturated carbocycles. The van der Waals surface area contributed by atoms with Gasteiger partial charge in [-0.15, -0.1) is 0 Å². The second-order valence-corrected chi connectivity index (χ2v) is 8.22. The number of carbonyl (C=O) groups is 1. The number of nitrogens with zero attached hydrogens (tertiary/aromatic N) is 3. The number of benzene rings is 2. The predicted octanol–water partition coefficient (Wildman–Crippen LogP) is 4.47. The molecule has 1 fully saturated rings. The van der Waals surface area contributed by atoms with E-state index < -0.39 is 0 Å². The van der Waals surface area contributed by atoms with E-state index in [4.69, 9.17) is 4.74 Å². The van der Waals surface area contributed by atoms with Crippen molar-refractivity contribution in [2.45, 2.75) is 38.6 Å². The first kappa shape index (κ1) is 21.3. The summed E-state index contributed by atoms with van der Waals surface area (Å²) in [6.07, 6.45) is 5.52. The molecule has 1 aromatic heterocycles. The summed E-state index contributed by atoms with van der Waals surface area (Å²) in [6.45, 7) is 4.84. The summed E-state index contributed by atoms with van der Waals surface area (Å²) in [6, 6.07) is 21.0. The standard InChI is InChI=1S/C26H31N3O2/c1-21-25(20-29(27-21)24-14-18-31-19-15-24)26(30)28(16-12-22-8-4-2-5-9-22)17-13-23-10-6-3-7-11-23/h2-11,20,24H,12-19H2,1H3. The molecule has 1 aliphatic heterocycles. The van der Waals surface area contributed by atoms with Crippen LogP contribution in [0.3, 0.4) is 0 Å². The molecule has 0 unspecified atom stereocenters. The van der Waals surface area contributed by atoms with Crippen LogP contribution in [0, 0.1) is 6.92 Å². The van der Waals surface area contributed by atoms with Gasteiger partial charge in [0.15, 0.2) is 0 Å². The van der Waals surface area contributed by atoms with Crippen LogP contribution in [-0.2, 0) is 17.6 Å². The molecule has 31 heavy (non-hydrogen) atoms. The molecule has 4 rings (SSSR count). The van der Waals surface area contributed by atoms with Crippen LogP contribution < -0.4 is 0 Å². The first-order chi connectivity index (χ1) is 15.2. The summed E-state index contributed by atoms with van der Waals surface area (Å²) in [4.78, 5) is 15.5. The lowest BCUT2D eigenvalue weighted by molar-refractivity contribution is 0.0661. The molecule has 0 aliphatic carbocycles. The minimum Gasteiger partial charge on any atom is -0.381 e. The summed E-state index contributed by atoms with van der Waals surface area (Å²) < 4.78 is 7.46. The summed E-state index contributed by atoms with van der Waals surface area (Å²) in [5, 5.41) is 4.69. The number of hydrogen-bond donors (Lipinski definition) is 0. The Balaban J connectivity index is 1.50. The van der Waals surface area contributed by atoms with Gasteiger partial charge in [-0.3, -0.25) is 9.48 Å². The molecule has 162 valence electrons. The Kier molecular flexibility index (Phi) is 7.15. The summed E-state index contributed by atoms with van der Waals surface area (Å²) in [5.74, 6) is 0.0719. The van der Waals surface area contributed by atoms with Gasteiger partial charge >= 0.3 is 0 Å². The lowest BCUT2D eigenvalue weighted by Gasteiger charge is -2.23. The summed E-state index contributed by atoms with van der Waals surface area (Å²) >= 11 is 0. The molecule has 0 bridgehead atoms. The van der Waals surface area contributed by atoms with Crippen molar-refractivity contribution in [2.24, 2.45) is 0 Å². The highest BCUT2D eigenvalue weighted by Crippen LogP contribution is 2.22. The van der Waals surface area contributed by atoms with Crippen LogP contribution in [0.25, 0.3) is 0 Å². The van der Waals surface area contributed by atoms with Crippen molar-refractivity contribution in [1.82, 2.24) is 14.7 Å². The fraction of sp³-hybridized carbons (Fsp3) is 0.385. The topological polar surface area (TPSA) is 47.4 Å². The minimum atomic E-state index is 0.0719. The quantitative estimate of drug-likeness (QED) is 0.543. The molecular formula is C26H31N3O2. The molecule has 0 spiro atoms. The molecule has 5 nitrogen and oxygen atoms in total. The molecule has 2 aromatic carbocycles. The van der Waals surface area contributed by atoms with Gasteiger partial charge in [0, 0.05) is 32.5 Å². The Morgan fingerprint density at radius 2 is 1.52 bits per heavy atom. The van der Waals surface area contributed by atoms with Crippen molar-refractivity contribution in [2.75, 3.05) is 26.3 Å². The molecule has 0 atom stereocenters. The number of ether oxygens (including phenoxy) is 1. The minimum absolute atomic E-state index is 0.0719. The predicted molar refractivity (Wildman–Crippen MR) is 122 cm³/mol. The Hall–Kier alpha value is -2.92. The number of aromatic nitrogens is 2. The normalized spacial score (nSPS) is 14.5. The number of aryl methyl sites for hydroxylation is 1. The van der Waals surface area contributed by atoms with Crippen molar-refractivity contribution in [1.29, 1.82) is 0 Å². The third-order valence-electron chi connectivity index (χ3n) is 6.03. The van der Waals surface area contributed by atoms with Crippen LogP contribution in [-0.4, -0.2) is 46.9 Å². The number of rotatable bonds is 8. The van der Waals surface area contributed by atoms with Crippen molar-refractivity contribution < 1.29 is 9.53 Å². The van der Waals surface area contributed by atoms with E-state index in [1.54, 1.807) is 0 Å². The second-order valence-electron chi connectivity index (χ2n) is 8.22. The van der Waals surface area contributed by atoms with E-state index in [0.29, 0.717) is 24.7 Å². The average Bonchev–Trinajstić information content (AvgIpc) is 3.22. The van der Waals surface area contributed by atoms with Gasteiger partial charge in [0.05, 0.1) is 17.3 Å². The molecule has 1 amide bonds. The highest BCUT2D eigenvalue weighted by Gasteiger charge is 2.23. The van der Waals surface area contributed by atoms with Gasteiger partial charge in [-0.25, -0.2) is 0 Å². The Labute approximate surface area is 184 Å². The van der Waals surface area contributed by atoms with E-state index in [9.17, 15) is 4.79 Å². The highest BCUT2D eigenvalue weighted by molar-refractivity contribution is 5.95. The van der Waals surface area contributed by atoms with E-state index >= 15 is 0 Å². The lowest BCUT2D eigenvalue weighted by Crippen LogP contribution is -2.35. The fourth-order valence-corrected chi connectivity index (χ4v) is 4.13. The Morgan fingerprint density at radius 1 is 0.968 bits per heavy atom. The largest absolute Gasteiger partial charge is 0.381 e. The summed E-state index contributed by atoms with van der Waals surface area (Å²) in [5.41, 5.74) is 4.01. The van der Waals surface area contributed by atoms with Gasteiger partial charge in [-0.05, 0) is 43.7 Å². The Morgan fingerprint density at radius 3 is 2.06 bits per heavy atom. The van der Waals surface area contributed by atoms with Gasteiger partial charge in [-0.1, -0.05) is 60.7 Å². The van der Waals surface area contributed by atoms with Crippen LogP contribution in [0.4, 0.5) is 0 Å². The van der Waals surface area contributed by atoms with E-state index in [1.807, 2.05) is 59.1 Å². The maximum atomic E-state index is 13.6. The SMILES string of the molecule is Cc1nn(C2CCOCC2)cc1C(=O)N(CCc1ccccc1)CCc1ccccc1. The molecule has 1 aliphatic rings. The zero-order valence-corrected chi connectivity index (χ0v) is 18.2. The third-order valence-corrected chi connectivity index (χ3v) is 6.03. The number of carbonyl (C=O) groups excluding carboxylic acids is 1. The second kappa shape index (κ2) is 10.4. The number of amides is 1. The number of hydrogen-bond acceptors (Lipinski definition) is 3. The smallest absolute Gasteiger partial charge is 0.257 e. The monoisotopic (exact) mass is 417 g/mol. The van der Waals surface area contributed by atoms with Crippen LogP contribution in [0.1, 0.15) is 46.1 Å². The molecule has 0 N–H and O–H groups in total. The maximum absolute atomic E-state index is 13.6. The van der Waals surface area contributed by atoms with Crippen LogP contribution in [0.2, 0.25) is 0 Å². The van der Waals surface area contributed by atoms with Crippen LogP contribution >= 0.6 is 0 Å². The first-order valence-electron chi connectivity index (χ1n) is 11.2. The molecule has 3 aromatic rings. The molecule has 0 radical (unpaired) electrons. The van der Waals surface area contributed by atoms with Crippen molar-refractivity contribution in [3.8, 4) is 0 Å². The lowest BCUT2D eigenvalue weighted by atomic mass is 10.1. The molecule has 2 heterocycles. The first-order valence-corrected chi connectivity index (χ1v) is 11.2. The zero-order valence-electron chi connectivity index (χ0n) is 18.2. The van der Waals surface area contributed by atoms with E-state index in [-0.39, 0.29) is 5.91 Å². The van der Waals surface area contributed by atoms with Crippen molar-refractivity contribution in [3.63, 3.8) is 0 Å². The fourth-order valence-electron chi connectivity index (χ4n) is 4.13. The molecule has 1 saturated heterocycles. The molecule has 5 heteroatoms. The van der Waals surface area contributed by atoms with Gasteiger partial charge in [0.1, 0.15) is 0 Å². The molecular weight excluding hydrogens is 386 g/mol. The van der Waals surface area contributed by atoms with Gasteiger partial charge in [0.25, 0.3) is 5.91 Å². The summed E-state index contributed by atoms with van der Waals surface area (Å²) in [7, 11) is 0. The van der Waals surface area contributed by atoms with Gasteiger partial charge in [-0.2, -0.15) is 5.10 Å². The zero-order chi connectivity index (χ0) is 21.5. The van der Waals surface area contributed by atoms with E-state index in [0.717, 1.165) is 44.6 Å².